The quantitative estimate of drug-likeness (QED) is 0.663. The van der Waals surface area contributed by atoms with Crippen LogP contribution in [0.25, 0.3) is 0 Å². The van der Waals surface area contributed by atoms with Crippen LogP contribution in [0.5, 0.6) is 0 Å². The van der Waals surface area contributed by atoms with E-state index in [-0.39, 0.29) is 25.2 Å². The molecule has 1 aliphatic rings. The van der Waals surface area contributed by atoms with E-state index in [4.69, 9.17) is 9.47 Å². The summed E-state index contributed by atoms with van der Waals surface area (Å²) < 4.78 is 24.5. The van der Waals surface area contributed by atoms with Gasteiger partial charge in [0.15, 0.2) is 5.78 Å². The molecule has 1 fully saturated rings. The number of methoxy groups -OCH3 is 1. The van der Waals surface area contributed by atoms with Gasteiger partial charge in [0.1, 0.15) is 11.8 Å². The molecule has 0 bridgehead atoms. The second-order valence-electron chi connectivity index (χ2n) is 7.46. The number of Topliss-reactive ketones (excluding diaryl/α,β-unsaturated/α-hetero) is 1. The van der Waals surface area contributed by atoms with Crippen LogP contribution >= 0.6 is 15.9 Å². The number of alkyl halides is 1. The second-order valence-corrected chi connectivity index (χ2v) is 8.38. The van der Waals surface area contributed by atoms with Crippen LogP contribution in [0.1, 0.15) is 43.1 Å². The molecule has 6 nitrogen and oxygen atoms in total. The third-order valence-corrected chi connectivity index (χ3v) is 4.46. The van der Waals surface area contributed by atoms with Crippen molar-refractivity contribution in [1.29, 1.82) is 0 Å². The van der Waals surface area contributed by atoms with Crippen molar-refractivity contribution in [3.05, 3.63) is 33.8 Å². The normalized spacial score (nSPS) is 19.7. The van der Waals surface area contributed by atoms with Gasteiger partial charge in [-0.2, -0.15) is 0 Å². The lowest BCUT2D eigenvalue weighted by Gasteiger charge is -2.27. The lowest BCUT2D eigenvalue weighted by Crippen LogP contribution is -2.44. The van der Waals surface area contributed by atoms with E-state index >= 15 is 0 Å². The van der Waals surface area contributed by atoms with Gasteiger partial charge in [0, 0.05) is 17.3 Å². The Morgan fingerprint density at radius 3 is 2.52 bits per heavy atom. The van der Waals surface area contributed by atoms with Gasteiger partial charge in [0.25, 0.3) is 0 Å². The number of nitrogens with zero attached hydrogens (tertiary/aromatic N) is 1. The van der Waals surface area contributed by atoms with Crippen molar-refractivity contribution in [3.8, 4) is 0 Å². The minimum atomic E-state index is -1.28. The van der Waals surface area contributed by atoms with Crippen molar-refractivity contribution in [2.75, 3.05) is 13.7 Å². The van der Waals surface area contributed by atoms with Crippen LogP contribution in [0.15, 0.2) is 22.7 Å². The van der Waals surface area contributed by atoms with Crippen molar-refractivity contribution < 1.29 is 28.2 Å². The average Bonchev–Trinajstić information content (AvgIpc) is 2.94. The number of carbonyl (C=O) groups excluding carboxylic acids is 3. The molecule has 2 rings (SSSR count). The van der Waals surface area contributed by atoms with Crippen LogP contribution in [-0.2, 0) is 20.7 Å². The molecule has 0 saturated carbocycles. The first-order valence-corrected chi connectivity index (χ1v) is 9.33. The first-order chi connectivity index (χ1) is 12.5. The molecule has 8 heteroatoms. The molecule has 0 radical (unpaired) electrons. The summed E-state index contributed by atoms with van der Waals surface area (Å²) in [6, 6.07) is 3.94. The Kier molecular flexibility index (Phi) is 6.62. The summed E-state index contributed by atoms with van der Waals surface area (Å²) in [5.41, 5.74) is 0.133. The summed E-state index contributed by atoms with van der Waals surface area (Å²) in [4.78, 5) is 38.0. The molecule has 1 aromatic rings. The zero-order valence-electron chi connectivity index (χ0n) is 15.8. The van der Waals surface area contributed by atoms with Crippen LogP contribution in [-0.4, -0.2) is 54.2 Å². The van der Waals surface area contributed by atoms with Crippen LogP contribution in [0.4, 0.5) is 9.18 Å². The van der Waals surface area contributed by atoms with Crippen molar-refractivity contribution in [3.63, 3.8) is 0 Å². The molecule has 1 heterocycles. The van der Waals surface area contributed by atoms with E-state index in [1.54, 1.807) is 39.0 Å². The third-order valence-electron chi connectivity index (χ3n) is 4.01. The summed E-state index contributed by atoms with van der Waals surface area (Å²) in [5, 5.41) is 0. The van der Waals surface area contributed by atoms with Gasteiger partial charge in [-0.1, -0.05) is 15.9 Å². The summed E-state index contributed by atoms with van der Waals surface area (Å²) in [6.07, 6.45) is -2.08. The highest BCUT2D eigenvalue weighted by Crippen LogP contribution is 2.26. The maximum absolute atomic E-state index is 13.9. The number of ketones is 1. The number of rotatable bonds is 4. The standard InChI is InChI=1S/C19H23BrFNO5/c1-19(2,3)27-18(25)22-10-14(21)9-15(22)16(23)7-11-5-12(17(24)26-4)8-13(20)6-11/h5-6,8,14-15H,7,9-10H2,1-4H3/t14-,15+/m1/s1. The lowest BCUT2D eigenvalue weighted by atomic mass is 10.0. The van der Waals surface area contributed by atoms with Crippen molar-refractivity contribution in [1.82, 2.24) is 4.90 Å². The number of carbonyl (C=O) groups is 3. The zero-order valence-corrected chi connectivity index (χ0v) is 17.3. The Bertz CT molecular complexity index is 746. The number of halogens is 2. The molecule has 148 valence electrons. The van der Waals surface area contributed by atoms with Gasteiger partial charge in [-0.15, -0.1) is 0 Å². The van der Waals surface area contributed by atoms with Crippen molar-refractivity contribution in [2.24, 2.45) is 0 Å². The molecular formula is C19H23BrFNO5. The molecule has 0 unspecified atom stereocenters. The number of ether oxygens (including phenoxy) is 2. The lowest BCUT2D eigenvalue weighted by molar-refractivity contribution is -0.122. The minimum absolute atomic E-state index is 0.0415. The first-order valence-electron chi connectivity index (χ1n) is 8.54. The third kappa shape index (κ3) is 5.76. The van der Waals surface area contributed by atoms with E-state index in [1.807, 2.05) is 0 Å². The van der Waals surface area contributed by atoms with Crippen molar-refractivity contribution >= 4 is 33.8 Å². The van der Waals surface area contributed by atoms with E-state index in [0.717, 1.165) is 4.90 Å². The highest BCUT2D eigenvalue weighted by Gasteiger charge is 2.41. The Morgan fingerprint density at radius 2 is 1.93 bits per heavy atom. The van der Waals surface area contributed by atoms with Crippen LogP contribution < -0.4 is 0 Å². The zero-order chi connectivity index (χ0) is 20.4. The Hall–Kier alpha value is -1.96. The molecule has 0 spiro atoms. The smallest absolute Gasteiger partial charge is 0.411 e. The summed E-state index contributed by atoms with van der Waals surface area (Å²) >= 11 is 3.30. The van der Waals surface area contributed by atoms with E-state index in [0.29, 0.717) is 15.6 Å². The fraction of sp³-hybridized carbons (Fsp3) is 0.526. The molecule has 1 aliphatic heterocycles. The monoisotopic (exact) mass is 443 g/mol. The molecule has 2 atom stereocenters. The van der Waals surface area contributed by atoms with E-state index in [2.05, 4.69) is 15.9 Å². The SMILES string of the molecule is COC(=O)c1cc(Br)cc(CC(=O)[C@@H]2C[C@@H](F)CN2C(=O)OC(C)(C)C)c1. The van der Waals surface area contributed by atoms with Gasteiger partial charge in [0.2, 0.25) is 0 Å². The number of likely N-dealkylation sites (tertiary alicyclic amines) is 1. The first kappa shape index (κ1) is 21.3. The summed E-state index contributed by atoms with van der Waals surface area (Å²) in [7, 11) is 1.27. The van der Waals surface area contributed by atoms with Gasteiger partial charge in [-0.25, -0.2) is 14.0 Å². The predicted molar refractivity (Wildman–Crippen MR) is 100 cm³/mol. The van der Waals surface area contributed by atoms with E-state index in [9.17, 15) is 18.8 Å². The van der Waals surface area contributed by atoms with Gasteiger partial charge in [-0.05, 0) is 44.5 Å². The number of hydrogen-bond donors (Lipinski definition) is 0. The van der Waals surface area contributed by atoms with Crippen molar-refractivity contribution in [2.45, 2.75) is 51.4 Å². The van der Waals surface area contributed by atoms with E-state index in [1.165, 1.54) is 7.11 Å². The molecular weight excluding hydrogens is 421 g/mol. The molecule has 0 aliphatic carbocycles. The second kappa shape index (κ2) is 8.37. The van der Waals surface area contributed by atoms with Gasteiger partial charge >= 0.3 is 12.1 Å². The molecule has 27 heavy (non-hydrogen) atoms. The maximum Gasteiger partial charge on any atom is 0.411 e. The number of esters is 1. The van der Waals surface area contributed by atoms with Gasteiger partial charge < -0.3 is 9.47 Å². The van der Waals surface area contributed by atoms with Gasteiger partial charge in [0.05, 0.1) is 25.3 Å². The van der Waals surface area contributed by atoms with Crippen LogP contribution in [0.3, 0.4) is 0 Å². The topological polar surface area (TPSA) is 72.9 Å². The Morgan fingerprint density at radius 1 is 1.26 bits per heavy atom. The molecule has 0 aromatic heterocycles. The Labute approximate surface area is 166 Å². The fourth-order valence-electron chi connectivity index (χ4n) is 2.92. The highest BCUT2D eigenvalue weighted by molar-refractivity contribution is 9.10. The largest absolute Gasteiger partial charge is 0.465 e. The predicted octanol–water partition coefficient (Wildman–Crippen LogP) is 3.69. The van der Waals surface area contributed by atoms with Gasteiger partial charge in [-0.3, -0.25) is 9.69 Å². The molecule has 0 N–H and O–H groups in total. The minimum Gasteiger partial charge on any atom is -0.465 e. The van der Waals surface area contributed by atoms with Crippen LogP contribution in [0, 0.1) is 0 Å². The van der Waals surface area contributed by atoms with Crippen LogP contribution in [0.2, 0.25) is 0 Å². The average molecular weight is 444 g/mol. The fourth-order valence-corrected chi connectivity index (χ4v) is 3.46. The maximum atomic E-state index is 13.9. The molecule has 1 aromatic carbocycles. The summed E-state index contributed by atoms with van der Waals surface area (Å²) in [6.45, 7) is 4.96. The number of benzene rings is 1. The molecule has 1 saturated heterocycles. The molecule has 1 amide bonds. The Balaban J connectivity index is 2.17. The highest BCUT2D eigenvalue weighted by atomic mass is 79.9. The number of amides is 1. The number of hydrogen-bond acceptors (Lipinski definition) is 5. The summed E-state index contributed by atoms with van der Waals surface area (Å²) in [5.74, 6) is -0.833. The van der Waals surface area contributed by atoms with E-state index < -0.39 is 29.9 Å².